The third kappa shape index (κ3) is 8.59. The Morgan fingerprint density at radius 3 is 2.32 bits per heavy atom. The van der Waals surface area contributed by atoms with E-state index in [0.717, 1.165) is 61.5 Å². The second-order valence-electron chi connectivity index (χ2n) is 9.29. The fourth-order valence-corrected chi connectivity index (χ4v) is 4.55. The van der Waals surface area contributed by atoms with Crippen LogP contribution in [0.15, 0.2) is 45.8 Å². The van der Waals surface area contributed by atoms with Crippen molar-refractivity contribution in [1.29, 1.82) is 0 Å². The number of benzene rings is 2. The van der Waals surface area contributed by atoms with E-state index >= 15 is 0 Å². The summed E-state index contributed by atoms with van der Waals surface area (Å²) < 4.78 is 39.1. The molecule has 1 aliphatic carbocycles. The van der Waals surface area contributed by atoms with E-state index in [0.29, 0.717) is 13.0 Å². The molecule has 0 aromatic heterocycles. The van der Waals surface area contributed by atoms with E-state index in [1.165, 1.54) is 12.2 Å². The molecule has 12 nitrogen and oxygen atoms in total. The van der Waals surface area contributed by atoms with Crippen molar-refractivity contribution < 1.29 is 47.7 Å². The fraction of sp³-hybridized carbons (Fsp3) is 0.357. The minimum atomic E-state index is -4.69. The van der Waals surface area contributed by atoms with Gasteiger partial charge in [-0.2, -0.15) is 14.0 Å². The van der Waals surface area contributed by atoms with Gasteiger partial charge in [0.2, 0.25) is 5.91 Å². The van der Waals surface area contributed by atoms with E-state index < -0.39 is 10.2 Å². The quantitative estimate of drug-likeness (QED) is 0.215. The second kappa shape index (κ2) is 13.7. The summed E-state index contributed by atoms with van der Waals surface area (Å²) >= 11 is 0. The number of anilines is 1. The fourth-order valence-electron chi connectivity index (χ4n) is 4.55. The third-order valence-electron chi connectivity index (χ3n) is 6.35. The number of hydrogen-bond acceptors (Lipinski definition) is 10. The molecule has 0 saturated heterocycles. The van der Waals surface area contributed by atoms with Gasteiger partial charge in [0.05, 0.1) is 20.3 Å². The first-order valence-corrected chi connectivity index (χ1v) is 14.3. The van der Waals surface area contributed by atoms with E-state index in [4.69, 9.17) is 23.1 Å². The molecule has 0 bridgehead atoms. The van der Waals surface area contributed by atoms with Gasteiger partial charge in [0.25, 0.3) is 11.8 Å². The second-order valence-corrected chi connectivity index (χ2v) is 10.1. The summed E-state index contributed by atoms with van der Waals surface area (Å²) in [5.41, 5.74) is 5.95. The highest BCUT2D eigenvalue weighted by Crippen LogP contribution is 2.36. The monoisotopic (exact) mass is 588 g/mol. The number of nitrogens with zero attached hydrogens (tertiary/aromatic N) is 2. The molecule has 0 fully saturated rings. The summed E-state index contributed by atoms with van der Waals surface area (Å²) in [7, 11) is -4.69. The number of rotatable bonds is 9. The Kier molecular flexibility index (Phi) is 10.6. The van der Waals surface area contributed by atoms with Gasteiger partial charge >= 0.3 is 0 Å². The molecule has 3 aliphatic rings. The van der Waals surface area contributed by atoms with Gasteiger partial charge in [-0.3, -0.25) is 24.3 Å². The van der Waals surface area contributed by atoms with Crippen molar-refractivity contribution >= 4 is 34.4 Å². The normalized spacial score (nSPS) is 13.7. The molecule has 2 aliphatic heterocycles. The average Bonchev–Trinajstić information content (AvgIpc) is 3.20. The standard InChI is InChI=1S/C28H32N4O4.ClHO4/c1-5-29-22-15-24-20(13-17(22)3)19(21-14-18(4)23(30-6-2)16-25(21)36-24)7-8-26(33)31-11-12-32-27(34)9-10-28(32)35;2-1(3,4)5/h9-10,13-16,29H,5-8,11-12H2,1-4H3,(H,31,33);(H,2,3,4,5). The van der Waals surface area contributed by atoms with Gasteiger partial charge < -0.3 is 15.1 Å². The van der Waals surface area contributed by atoms with Gasteiger partial charge in [-0.1, -0.05) is 0 Å². The molecule has 0 saturated carbocycles. The van der Waals surface area contributed by atoms with Gasteiger partial charge in [0, 0.05) is 73.5 Å². The van der Waals surface area contributed by atoms with E-state index in [1.54, 1.807) is 0 Å². The number of aryl methyl sites for hydroxylation is 3. The molecule has 0 radical (unpaired) electrons. The maximum absolute atomic E-state index is 12.7. The number of carbonyl (C=O) groups excluding carboxylic acids is 3. The highest BCUT2D eigenvalue weighted by atomic mass is 35.7. The van der Waals surface area contributed by atoms with Crippen molar-refractivity contribution in [1.82, 2.24) is 10.2 Å². The molecule has 220 valence electrons. The molecule has 13 heteroatoms. The summed E-state index contributed by atoms with van der Waals surface area (Å²) in [6.07, 6.45) is 3.27. The summed E-state index contributed by atoms with van der Waals surface area (Å²) in [6.45, 7) is 10.0. The summed E-state index contributed by atoms with van der Waals surface area (Å²) in [4.78, 5) is 41.8. The van der Waals surface area contributed by atoms with E-state index in [9.17, 15) is 14.4 Å². The van der Waals surface area contributed by atoms with Crippen LogP contribution in [0.3, 0.4) is 0 Å². The number of fused-ring (bicyclic) bond motifs is 2. The van der Waals surface area contributed by atoms with Crippen LogP contribution in [0.5, 0.6) is 0 Å². The maximum Gasteiger partial charge on any atom is 0.253 e. The SMILES string of the molecule is CCN=c1cc2oc3cc(NCC)c(C)cc3c(CCC(=O)NCCN3C(=O)C=CC3=O)c-2cc1C.[O-][Cl+3]([O-])([O-])O. The maximum atomic E-state index is 12.7. The van der Waals surface area contributed by atoms with Gasteiger partial charge in [-0.15, -0.1) is 0 Å². The van der Waals surface area contributed by atoms with Crippen molar-refractivity contribution in [2.75, 3.05) is 31.5 Å². The molecule has 41 heavy (non-hydrogen) atoms. The molecule has 0 unspecified atom stereocenters. The minimum absolute atomic E-state index is 0.139. The molecule has 1 aromatic rings. The minimum Gasteiger partial charge on any atom is -0.456 e. The molecule has 3 amide bonds. The molecule has 3 N–H and O–H groups in total. The van der Waals surface area contributed by atoms with Crippen molar-refractivity contribution in [2.24, 2.45) is 4.99 Å². The summed E-state index contributed by atoms with van der Waals surface area (Å²) in [5.74, 6) is -0.103. The number of halogens is 1. The first-order valence-electron chi connectivity index (χ1n) is 13.0. The Bertz CT molecular complexity index is 1490. The molecule has 0 spiro atoms. The molecule has 2 heterocycles. The van der Waals surface area contributed by atoms with Crippen molar-refractivity contribution in [2.45, 2.75) is 40.5 Å². The van der Waals surface area contributed by atoms with Gasteiger partial charge in [0.15, 0.2) is 0 Å². The lowest BCUT2D eigenvalue weighted by Gasteiger charge is -2.18. The Hall–Kier alpha value is -3.81. The number of hydrogen-bond donors (Lipinski definition) is 3. The number of amides is 3. The summed E-state index contributed by atoms with van der Waals surface area (Å²) in [6, 6.07) is 8.19. The predicted molar refractivity (Wildman–Crippen MR) is 142 cm³/mol. The number of carbonyl (C=O) groups is 3. The predicted octanol–water partition coefficient (Wildman–Crippen LogP) is -0.643. The molecular weight excluding hydrogens is 556 g/mol. The Labute approximate surface area is 239 Å². The lowest BCUT2D eigenvalue weighted by Crippen LogP contribution is -2.58. The Balaban J connectivity index is 0.000000850. The molecule has 4 rings (SSSR count). The van der Waals surface area contributed by atoms with Crippen LogP contribution in [0.4, 0.5) is 5.69 Å². The van der Waals surface area contributed by atoms with Crippen LogP contribution in [0.2, 0.25) is 0 Å². The first-order chi connectivity index (χ1) is 19.3. The van der Waals surface area contributed by atoms with Crippen LogP contribution < -0.4 is 30.0 Å². The zero-order valence-corrected chi connectivity index (χ0v) is 24.0. The van der Waals surface area contributed by atoms with Crippen LogP contribution in [0, 0.1) is 24.1 Å². The Morgan fingerprint density at radius 2 is 1.71 bits per heavy atom. The van der Waals surface area contributed by atoms with Crippen LogP contribution in [-0.4, -0.2) is 53.5 Å². The average molecular weight is 589 g/mol. The molecular formula is C28H33ClN4O8. The van der Waals surface area contributed by atoms with Crippen LogP contribution in [-0.2, 0) is 20.8 Å². The summed E-state index contributed by atoms with van der Waals surface area (Å²) in [5, 5.41) is 8.09. The zero-order chi connectivity index (χ0) is 30.3. The number of nitrogens with one attached hydrogen (secondary N) is 2. The van der Waals surface area contributed by atoms with Crippen LogP contribution >= 0.6 is 0 Å². The van der Waals surface area contributed by atoms with E-state index in [2.05, 4.69) is 41.6 Å². The lowest BCUT2D eigenvalue weighted by molar-refractivity contribution is -1.92. The molecule has 1 aromatic carbocycles. The van der Waals surface area contributed by atoms with E-state index in [1.807, 2.05) is 26.0 Å². The number of imide groups is 1. The van der Waals surface area contributed by atoms with E-state index in [-0.39, 0.29) is 37.2 Å². The van der Waals surface area contributed by atoms with Gasteiger partial charge in [-0.25, -0.2) is 0 Å². The smallest absolute Gasteiger partial charge is 0.253 e. The van der Waals surface area contributed by atoms with Crippen LogP contribution in [0.1, 0.15) is 37.0 Å². The molecule has 0 atom stereocenters. The van der Waals surface area contributed by atoms with Gasteiger partial charge in [-0.05, 0) is 62.9 Å². The third-order valence-corrected chi connectivity index (χ3v) is 6.35. The highest BCUT2D eigenvalue weighted by molar-refractivity contribution is 6.12. The van der Waals surface area contributed by atoms with Crippen LogP contribution in [0.25, 0.3) is 22.3 Å². The Morgan fingerprint density at radius 1 is 1.05 bits per heavy atom. The van der Waals surface area contributed by atoms with Gasteiger partial charge in [0.1, 0.15) is 11.3 Å². The largest absolute Gasteiger partial charge is 0.456 e. The first kappa shape index (κ1) is 31.7. The zero-order valence-electron chi connectivity index (χ0n) is 23.3. The van der Waals surface area contributed by atoms with Crippen molar-refractivity contribution in [3.8, 4) is 11.3 Å². The lowest BCUT2D eigenvalue weighted by atomic mass is 9.93. The topological polar surface area (TPSA) is 193 Å². The van der Waals surface area contributed by atoms with Crippen molar-refractivity contribution in [3.63, 3.8) is 0 Å². The highest BCUT2D eigenvalue weighted by Gasteiger charge is 2.23. The van der Waals surface area contributed by atoms with Crippen molar-refractivity contribution in [3.05, 3.63) is 58.5 Å².